The van der Waals surface area contributed by atoms with Crippen LogP contribution in [-0.2, 0) is 4.79 Å². The highest BCUT2D eigenvalue weighted by molar-refractivity contribution is 6.28. The number of aromatic nitrogens is 2. The lowest BCUT2D eigenvalue weighted by Gasteiger charge is -2.36. The van der Waals surface area contributed by atoms with Gasteiger partial charge in [0.1, 0.15) is 11.9 Å². The smallest absolute Gasteiger partial charge is 0.242 e. The summed E-state index contributed by atoms with van der Waals surface area (Å²) >= 11 is 5.81. The molecule has 17 heavy (non-hydrogen) atoms. The fourth-order valence-electron chi connectivity index (χ4n) is 2.08. The van der Waals surface area contributed by atoms with Crippen molar-refractivity contribution >= 4 is 23.3 Å². The summed E-state index contributed by atoms with van der Waals surface area (Å²) in [6.45, 7) is 5.29. The molecule has 0 saturated carbocycles. The Morgan fingerprint density at radius 2 is 2.41 bits per heavy atom. The molecule has 2 heterocycles. The molecule has 0 aromatic carbocycles. The van der Waals surface area contributed by atoms with Crippen LogP contribution >= 0.6 is 11.6 Å². The number of nitrogens with zero attached hydrogens (tertiary/aromatic N) is 3. The van der Waals surface area contributed by atoms with Gasteiger partial charge in [-0.2, -0.15) is 0 Å². The third kappa shape index (κ3) is 2.34. The van der Waals surface area contributed by atoms with E-state index in [1.807, 2.05) is 18.7 Å². The molecular formula is C11H15ClN4O. The molecule has 1 unspecified atom stereocenters. The van der Waals surface area contributed by atoms with Gasteiger partial charge in [-0.15, -0.1) is 0 Å². The molecule has 1 N–H and O–H groups in total. The molecule has 1 amide bonds. The maximum Gasteiger partial charge on any atom is 0.242 e. The first-order chi connectivity index (χ1) is 8.13. The van der Waals surface area contributed by atoms with Gasteiger partial charge in [-0.25, -0.2) is 9.97 Å². The van der Waals surface area contributed by atoms with Crippen LogP contribution in [0.3, 0.4) is 0 Å². The number of carbonyl (C=O) groups excluding carboxylic acids is 1. The van der Waals surface area contributed by atoms with E-state index in [4.69, 9.17) is 11.6 Å². The van der Waals surface area contributed by atoms with Crippen molar-refractivity contribution in [2.75, 3.05) is 18.0 Å². The van der Waals surface area contributed by atoms with Crippen molar-refractivity contribution in [1.82, 2.24) is 15.3 Å². The summed E-state index contributed by atoms with van der Waals surface area (Å²) in [4.78, 5) is 21.9. The zero-order valence-electron chi connectivity index (χ0n) is 9.90. The summed E-state index contributed by atoms with van der Waals surface area (Å²) in [6, 6.07) is -0.173. The average molecular weight is 255 g/mol. The first-order valence-electron chi connectivity index (χ1n) is 5.67. The highest BCUT2D eigenvalue weighted by atomic mass is 35.5. The Balaban J connectivity index is 2.36. The van der Waals surface area contributed by atoms with Gasteiger partial charge in [-0.3, -0.25) is 4.79 Å². The summed E-state index contributed by atoms with van der Waals surface area (Å²) in [7, 11) is 0. The Morgan fingerprint density at radius 3 is 3.12 bits per heavy atom. The van der Waals surface area contributed by atoms with Gasteiger partial charge in [0.2, 0.25) is 11.2 Å². The first-order valence-corrected chi connectivity index (χ1v) is 6.04. The van der Waals surface area contributed by atoms with Crippen molar-refractivity contribution in [3.63, 3.8) is 0 Å². The third-order valence-electron chi connectivity index (χ3n) is 2.91. The number of hydrogen-bond donors (Lipinski definition) is 1. The minimum absolute atomic E-state index is 0.0490. The van der Waals surface area contributed by atoms with Crippen molar-refractivity contribution in [1.29, 1.82) is 0 Å². The van der Waals surface area contributed by atoms with Gasteiger partial charge in [0.25, 0.3) is 0 Å². The minimum atomic E-state index is -0.173. The van der Waals surface area contributed by atoms with Crippen molar-refractivity contribution in [3.05, 3.63) is 17.0 Å². The Bertz CT molecular complexity index is 437. The highest BCUT2D eigenvalue weighted by Crippen LogP contribution is 2.22. The summed E-state index contributed by atoms with van der Waals surface area (Å²) in [6.07, 6.45) is 2.43. The molecule has 1 saturated heterocycles. The predicted octanol–water partition coefficient (Wildman–Crippen LogP) is 1.15. The van der Waals surface area contributed by atoms with E-state index in [1.54, 1.807) is 6.20 Å². The van der Waals surface area contributed by atoms with Gasteiger partial charge >= 0.3 is 0 Å². The molecule has 92 valence electrons. The van der Waals surface area contributed by atoms with E-state index in [0.29, 0.717) is 6.54 Å². The maximum atomic E-state index is 11.8. The SMILES string of the molecule is CCC1C(=O)NCCN1c1nc(Cl)ncc1C. The highest BCUT2D eigenvalue weighted by Gasteiger charge is 2.29. The second-order valence-electron chi connectivity index (χ2n) is 4.05. The van der Waals surface area contributed by atoms with E-state index in [0.717, 1.165) is 24.3 Å². The predicted molar refractivity (Wildman–Crippen MR) is 66.2 cm³/mol. The van der Waals surface area contributed by atoms with Crippen LogP contribution in [0.25, 0.3) is 0 Å². The first kappa shape index (κ1) is 12.1. The summed E-state index contributed by atoms with van der Waals surface area (Å²) in [5.74, 6) is 0.805. The van der Waals surface area contributed by atoms with E-state index in [9.17, 15) is 4.79 Å². The van der Waals surface area contributed by atoms with Gasteiger partial charge in [-0.05, 0) is 24.9 Å². The van der Waals surface area contributed by atoms with Crippen molar-refractivity contribution in [2.24, 2.45) is 0 Å². The number of aryl methyl sites for hydroxylation is 1. The molecule has 2 rings (SSSR count). The Labute approximate surface area is 105 Å². The lowest BCUT2D eigenvalue weighted by Crippen LogP contribution is -2.55. The molecule has 1 fully saturated rings. The standard InChI is InChI=1S/C11H15ClN4O/c1-3-8-10(17)13-4-5-16(8)9-7(2)6-14-11(12)15-9/h6,8H,3-5H2,1-2H3,(H,13,17). The number of carbonyl (C=O) groups is 1. The van der Waals surface area contributed by atoms with E-state index < -0.39 is 0 Å². The zero-order valence-corrected chi connectivity index (χ0v) is 10.7. The van der Waals surface area contributed by atoms with Crippen LogP contribution < -0.4 is 10.2 Å². The number of nitrogens with one attached hydrogen (secondary N) is 1. The fraction of sp³-hybridized carbons (Fsp3) is 0.545. The average Bonchev–Trinajstić information content (AvgIpc) is 2.32. The molecule has 1 aromatic rings. The Kier molecular flexibility index (Phi) is 3.47. The number of hydrogen-bond acceptors (Lipinski definition) is 4. The normalized spacial score (nSPS) is 20.3. The molecule has 0 radical (unpaired) electrons. The van der Waals surface area contributed by atoms with Crippen molar-refractivity contribution in [3.8, 4) is 0 Å². The number of piperazine rings is 1. The molecule has 0 spiro atoms. The molecule has 0 bridgehead atoms. The van der Waals surface area contributed by atoms with Gasteiger partial charge in [0.05, 0.1) is 0 Å². The van der Waals surface area contributed by atoms with Crippen LogP contribution in [0.5, 0.6) is 0 Å². The maximum absolute atomic E-state index is 11.8. The molecule has 1 aromatic heterocycles. The molecule has 1 atom stereocenters. The molecule has 1 aliphatic rings. The number of rotatable bonds is 2. The second-order valence-corrected chi connectivity index (χ2v) is 4.39. The van der Waals surface area contributed by atoms with Gasteiger partial charge < -0.3 is 10.2 Å². The molecule has 6 heteroatoms. The van der Waals surface area contributed by atoms with Gasteiger partial charge in [-0.1, -0.05) is 6.92 Å². The Hall–Kier alpha value is -1.36. The summed E-state index contributed by atoms with van der Waals surface area (Å²) in [5.41, 5.74) is 0.933. The zero-order chi connectivity index (χ0) is 12.4. The van der Waals surface area contributed by atoms with Crippen molar-refractivity contribution in [2.45, 2.75) is 26.3 Å². The number of amides is 1. The van der Waals surface area contributed by atoms with Crippen LogP contribution in [0.15, 0.2) is 6.20 Å². The molecule has 0 aliphatic carbocycles. The molecule has 1 aliphatic heterocycles. The fourth-order valence-corrected chi connectivity index (χ4v) is 2.21. The van der Waals surface area contributed by atoms with Crippen LogP contribution in [0, 0.1) is 6.92 Å². The van der Waals surface area contributed by atoms with E-state index in [2.05, 4.69) is 15.3 Å². The Morgan fingerprint density at radius 1 is 1.65 bits per heavy atom. The van der Waals surface area contributed by atoms with Crippen LogP contribution in [-0.4, -0.2) is 35.0 Å². The van der Waals surface area contributed by atoms with E-state index >= 15 is 0 Å². The van der Waals surface area contributed by atoms with Crippen LogP contribution in [0.2, 0.25) is 5.28 Å². The quantitative estimate of drug-likeness (QED) is 0.805. The lowest BCUT2D eigenvalue weighted by atomic mass is 10.1. The summed E-state index contributed by atoms with van der Waals surface area (Å²) in [5, 5.41) is 3.07. The second kappa shape index (κ2) is 4.87. The molecule has 5 nitrogen and oxygen atoms in total. The minimum Gasteiger partial charge on any atom is -0.353 e. The number of halogens is 1. The summed E-state index contributed by atoms with van der Waals surface area (Å²) < 4.78 is 0. The van der Waals surface area contributed by atoms with Crippen LogP contribution in [0.1, 0.15) is 18.9 Å². The van der Waals surface area contributed by atoms with E-state index in [-0.39, 0.29) is 17.2 Å². The van der Waals surface area contributed by atoms with Crippen LogP contribution in [0.4, 0.5) is 5.82 Å². The van der Waals surface area contributed by atoms with E-state index in [1.165, 1.54) is 0 Å². The third-order valence-corrected chi connectivity index (χ3v) is 3.09. The van der Waals surface area contributed by atoms with Gasteiger partial charge in [0, 0.05) is 24.8 Å². The number of anilines is 1. The van der Waals surface area contributed by atoms with Gasteiger partial charge in [0.15, 0.2) is 0 Å². The monoisotopic (exact) mass is 254 g/mol. The topological polar surface area (TPSA) is 58.1 Å². The lowest BCUT2D eigenvalue weighted by molar-refractivity contribution is -0.123. The largest absolute Gasteiger partial charge is 0.353 e. The van der Waals surface area contributed by atoms with Crippen molar-refractivity contribution < 1.29 is 4.79 Å². The molecular weight excluding hydrogens is 240 g/mol.